The van der Waals surface area contributed by atoms with Crippen molar-refractivity contribution in [2.75, 3.05) is 6.54 Å². The van der Waals surface area contributed by atoms with Crippen LogP contribution in [0.25, 0.3) is 0 Å². The van der Waals surface area contributed by atoms with Gasteiger partial charge in [0.25, 0.3) is 0 Å². The van der Waals surface area contributed by atoms with E-state index in [1.807, 2.05) is 24.3 Å². The summed E-state index contributed by atoms with van der Waals surface area (Å²) in [5.41, 5.74) is 1.08. The van der Waals surface area contributed by atoms with E-state index in [4.69, 9.17) is 16.7 Å². The van der Waals surface area contributed by atoms with Crippen LogP contribution in [0.1, 0.15) is 12.0 Å². The van der Waals surface area contributed by atoms with Gasteiger partial charge in [-0.3, -0.25) is 4.79 Å². The first-order chi connectivity index (χ1) is 8.56. The highest BCUT2D eigenvalue weighted by atomic mass is 35.5. The highest BCUT2D eigenvalue weighted by Crippen LogP contribution is 2.19. The summed E-state index contributed by atoms with van der Waals surface area (Å²) in [5, 5.41) is 22.6. The van der Waals surface area contributed by atoms with E-state index >= 15 is 0 Å². The van der Waals surface area contributed by atoms with Gasteiger partial charge in [0.15, 0.2) is 0 Å². The van der Waals surface area contributed by atoms with Crippen molar-refractivity contribution in [1.82, 2.24) is 5.32 Å². The van der Waals surface area contributed by atoms with Crippen LogP contribution < -0.4 is 5.32 Å². The van der Waals surface area contributed by atoms with Crippen LogP contribution in [0.2, 0.25) is 5.02 Å². The van der Waals surface area contributed by atoms with Crippen LogP contribution in [-0.2, 0) is 11.2 Å². The molecule has 4 nitrogen and oxygen atoms in total. The molecule has 1 aromatic rings. The van der Waals surface area contributed by atoms with Crippen LogP contribution in [0.5, 0.6) is 0 Å². The Morgan fingerprint density at radius 1 is 1.50 bits per heavy atom. The summed E-state index contributed by atoms with van der Waals surface area (Å²) in [6.45, 7) is 0.307. The summed E-state index contributed by atoms with van der Waals surface area (Å²) >= 11 is 5.91. The third kappa shape index (κ3) is 3.22. The zero-order chi connectivity index (χ0) is 13.1. The summed E-state index contributed by atoms with van der Waals surface area (Å²) in [5.74, 6) is -1.66. The molecular formula is C13H16ClNO3. The lowest BCUT2D eigenvalue weighted by Crippen LogP contribution is -2.50. The molecule has 1 aliphatic heterocycles. The predicted molar refractivity (Wildman–Crippen MR) is 68.7 cm³/mol. The molecule has 1 heterocycles. The largest absolute Gasteiger partial charge is 0.481 e. The van der Waals surface area contributed by atoms with Gasteiger partial charge in [0.05, 0.1) is 12.0 Å². The van der Waals surface area contributed by atoms with Gasteiger partial charge in [0.2, 0.25) is 0 Å². The second-order valence-electron chi connectivity index (χ2n) is 4.69. The van der Waals surface area contributed by atoms with E-state index in [-0.39, 0.29) is 6.04 Å². The quantitative estimate of drug-likeness (QED) is 0.774. The molecular weight excluding hydrogens is 254 g/mol. The Morgan fingerprint density at radius 3 is 2.89 bits per heavy atom. The molecule has 3 N–H and O–H groups in total. The van der Waals surface area contributed by atoms with Crippen molar-refractivity contribution in [3.8, 4) is 0 Å². The van der Waals surface area contributed by atoms with Gasteiger partial charge in [0, 0.05) is 17.6 Å². The van der Waals surface area contributed by atoms with Gasteiger partial charge in [-0.25, -0.2) is 0 Å². The number of aliphatic hydroxyl groups excluding tert-OH is 1. The van der Waals surface area contributed by atoms with Gasteiger partial charge < -0.3 is 15.5 Å². The minimum atomic E-state index is -0.948. The van der Waals surface area contributed by atoms with Crippen LogP contribution in [-0.4, -0.2) is 34.9 Å². The molecule has 3 unspecified atom stereocenters. The van der Waals surface area contributed by atoms with Crippen molar-refractivity contribution in [3.05, 3.63) is 34.9 Å². The molecule has 1 saturated heterocycles. The number of nitrogens with one attached hydrogen (secondary N) is 1. The fourth-order valence-corrected chi connectivity index (χ4v) is 2.54. The van der Waals surface area contributed by atoms with E-state index in [0.717, 1.165) is 12.0 Å². The van der Waals surface area contributed by atoms with Crippen LogP contribution in [0.15, 0.2) is 24.3 Å². The maximum atomic E-state index is 10.9. The molecule has 2 rings (SSSR count). The van der Waals surface area contributed by atoms with Gasteiger partial charge in [-0.15, -0.1) is 0 Å². The van der Waals surface area contributed by atoms with Crippen LogP contribution in [0.4, 0.5) is 0 Å². The molecule has 0 saturated carbocycles. The topological polar surface area (TPSA) is 69.6 Å². The lowest BCUT2D eigenvalue weighted by molar-refractivity contribution is -0.147. The van der Waals surface area contributed by atoms with Crippen LogP contribution in [0.3, 0.4) is 0 Å². The maximum Gasteiger partial charge on any atom is 0.310 e. The van der Waals surface area contributed by atoms with Crippen molar-refractivity contribution in [3.63, 3.8) is 0 Å². The van der Waals surface area contributed by atoms with Gasteiger partial charge in [-0.2, -0.15) is 0 Å². The second kappa shape index (κ2) is 5.69. The van der Waals surface area contributed by atoms with E-state index in [1.54, 1.807) is 0 Å². The molecule has 1 aromatic carbocycles. The first-order valence-electron chi connectivity index (χ1n) is 5.95. The van der Waals surface area contributed by atoms with Crippen molar-refractivity contribution in [1.29, 1.82) is 0 Å². The standard InChI is InChI=1S/C13H16ClNO3/c14-9-3-1-2-8(4-9)5-10-6-12(16)11(7-15-10)13(17)18/h1-4,10-12,15-16H,5-7H2,(H,17,18). The second-order valence-corrected chi connectivity index (χ2v) is 5.12. The number of carbonyl (C=O) groups is 1. The van der Waals surface area contributed by atoms with Gasteiger partial charge in [-0.05, 0) is 30.5 Å². The zero-order valence-electron chi connectivity index (χ0n) is 9.84. The van der Waals surface area contributed by atoms with Gasteiger partial charge >= 0.3 is 5.97 Å². The number of rotatable bonds is 3. The molecule has 1 fully saturated rings. The van der Waals surface area contributed by atoms with E-state index in [2.05, 4.69) is 5.32 Å². The zero-order valence-corrected chi connectivity index (χ0v) is 10.6. The Hall–Kier alpha value is -1.10. The Labute approximate surface area is 111 Å². The predicted octanol–water partition coefficient (Wildman–Crippen LogP) is 1.31. The lowest BCUT2D eigenvalue weighted by atomic mass is 9.89. The Bertz CT molecular complexity index is 438. The normalized spacial score (nSPS) is 28.0. The number of carboxylic acid groups (broad SMARTS) is 1. The number of benzene rings is 1. The number of piperidine rings is 1. The van der Waals surface area contributed by atoms with Crippen LogP contribution >= 0.6 is 11.6 Å². The summed E-state index contributed by atoms with van der Waals surface area (Å²) < 4.78 is 0. The number of carboxylic acids is 1. The minimum Gasteiger partial charge on any atom is -0.481 e. The van der Waals surface area contributed by atoms with E-state index in [1.165, 1.54) is 0 Å². The summed E-state index contributed by atoms with van der Waals surface area (Å²) in [6, 6.07) is 7.65. The summed E-state index contributed by atoms with van der Waals surface area (Å²) in [4.78, 5) is 10.9. The first-order valence-corrected chi connectivity index (χ1v) is 6.33. The van der Waals surface area contributed by atoms with Crippen molar-refractivity contribution < 1.29 is 15.0 Å². The van der Waals surface area contributed by atoms with Gasteiger partial charge in [0.1, 0.15) is 0 Å². The van der Waals surface area contributed by atoms with Crippen LogP contribution in [0, 0.1) is 5.92 Å². The van der Waals surface area contributed by atoms with E-state index < -0.39 is 18.0 Å². The fraction of sp³-hybridized carbons (Fsp3) is 0.462. The minimum absolute atomic E-state index is 0.0917. The van der Waals surface area contributed by atoms with E-state index in [9.17, 15) is 9.90 Å². The molecule has 98 valence electrons. The third-order valence-corrected chi connectivity index (χ3v) is 3.54. The van der Waals surface area contributed by atoms with Crippen molar-refractivity contribution >= 4 is 17.6 Å². The Kier molecular flexibility index (Phi) is 4.22. The smallest absolute Gasteiger partial charge is 0.310 e. The van der Waals surface area contributed by atoms with Crippen molar-refractivity contribution in [2.24, 2.45) is 5.92 Å². The third-order valence-electron chi connectivity index (χ3n) is 3.31. The molecule has 18 heavy (non-hydrogen) atoms. The molecule has 1 aliphatic rings. The molecule has 0 aromatic heterocycles. The van der Waals surface area contributed by atoms with Gasteiger partial charge in [-0.1, -0.05) is 23.7 Å². The molecule has 0 bridgehead atoms. The fourth-order valence-electron chi connectivity index (χ4n) is 2.32. The number of hydrogen-bond donors (Lipinski definition) is 3. The number of halogens is 1. The average molecular weight is 270 g/mol. The molecule has 0 amide bonds. The summed E-state index contributed by atoms with van der Waals surface area (Å²) in [7, 11) is 0. The maximum absolute atomic E-state index is 10.9. The highest BCUT2D eigenvalue weighted by molar-refractivity contribution is 6.30. The summed E-state index contributed by atoms with van der Waals surface area (Å²) in [6.07, 6.45) is 0.404. The first kappa shape index (κ1) is 13.3. The number of hydrogen-bond acceptors (Lipinski definition) is 3. The monoisotopic (exact) mass is 269 g/mol. The number of aliphatic hydroxyl groups is 1. The molecule has 3 atom stereocenters. The molecule has 0 aliphatic carbocycles. The highest BCUT2D eigenvalue weighted by Gasteiger charge is 2.33. The Balaban J connectivity index is 1.95. The Morgan fingerprint density at radius 2 is 2.28 bits per heavy atom. The number of aliphatic carboxylic acids is 1. The van der Waals surface area contributed by atoms with Crippen molar-refractivity contribution in [2.45, 2.75) is 25.0 Å². The van der Waals surface area contributed by atoms with E-state index in [0.29, 0.717) is 18.0 Å². The average Bonchev–Trinajstić information content (AvgIpc) is 2.28. The molecule has 0 spiro atoms. The molecule has 0 radical (unpaired) electrons. The SMILES string of the molecule is O=C(O)C1CNC(Cc2cccc(Cl)c2)CC1O. The molecule has 5 heteroatoms. The lowest BCUT2D eigenvalue weighted by Gasteiger charge is -2.32.